The Bertz CT molecular complexity index is 655. The number of ether oxygens (including phenoxy) is 3. The topological polar surface area (TPSA) is 56.8 Å². The Morgan fingerprint density at radius 2 is 1.67 bits per heavy atom. The predicted molar refractivity (Wildman–Crippen MR) is 92.8 cm³/mol. The van der Waals surface area contributed by atoms with Crippen molar-refractivity contribution in [3.63, 3.8) is 0 Å². The van der Waals surface area contributed by atoms with Crippen LogP contribution in [0.4, 0.5) is 0 Å². The molecule has 0 aliphatic carbocycles. The highest BCUT2D eigenvalue weighted by atomic mass is 16.5. The van der Waals surface area contributed by atoms with Crippen LogP contribution in [0, 0.1) is 0 Å². The monoisotopic (exact) mass is 329 g/mol. The summed E-state index contributed by atoms with van der Waals surface area (Å²) in [6, 6.07) is 15.0. The molecule has 24 heavy (non-hydrogen) atoms. The number of methoxy groups -OCH3 is 2. The van der Waals surface area contributed by atoms with Crippen molar-refractivity contribution in [1.29, 1.82) is 0 Å². The van der Waals surface area contributed by atoms with Crippen LogP contribution in [0.1, 0.15) is 12.5 Å². The maximum atomic E-state index is 12.1. The van der Waals surface area contributed by atoms with Crippen molar-refractivity contribution < 1.29 is 19.0 Å². The molecule has 0 bridgehead atoms. The highest BCUT2D eigenvalue weighted by Crippen LogP contribution is 2.20. The fraction of sp³-hybridized carbons (Fsp3) is 0.316. The number of carbonyl (C=O) groups is 1. The van der Waals surface area contributed by atoms with Crippen molar-refractivity contribution in [2.24, 2.45) is 0 Å². The standard InChI is InChI=1S/C19H23NO4/c1-14(24-18-6-4-5-17(13-18)23-3)19(21)20-12-11-15-7-9-16(22-2)10-8-15/h4-10,13-14H,11-12H2,1-3H3,(H,20,21)/t14-/m1/s1. The molecule has 0 aliphatic rings. The third-order valence-electron chi connectivity index (χ3n) is 3.60. The average molecular weight is 329 g/mol. The van der Waals surface area contributed by atoms with Crippen LogP contribution in [0.3, 0.4) is 0 Å². The van der Waals surface area contributed by atoms with Gasteiger partial charge in [-0.25, -0.2) is 0 Å². The van der Waals surface area contributed by atoms with E-state index in [2.05, 4.69) is 5.32 Å². The lowest BCUT2D eigenvalue weighted by atomic mass is 10.1. The second-order valence-corrected chi connectivity index (χ2v) is 5.33. The van der Waals surface area contributed by atoms with Gasteiger partial charge in [-0.1, -0.05) is 18.2 Å². The van der Waals surface area contributed by atoms with Crippen molar-refractivity contribution in [2.45, 2.75) is 19.4 Å². The predicted octanol–water partition coefficient (Wildman–Crippen LogP) is 2.83. The first-order valence-corrected chi connectivity index (χ1v) is 7.83. The van der Waals surface area contributed by atoms with Gasteiger partial charge < -0.3 is 19.5 Å². The van der Waals surface area contributed by atoms with Crippen LogP contribution < -0.4 is 19.5 Å². The zero-order chi connectivity index (χ0) is 17.4. The molecule has 1 N–H and O–H groups in total. The molecule has 128 valence electrons. The van der Waals surface area contributed by atoms with Gasteiger partial charge in [0.15, 0.2) is 6.10 Å². The molecule has 0 aliphatic heterocycles. The Balaban J connectivity index is 1.78. The Labute approximate surface area is 142 Å². The van der Waals surface area contributed by atoms with E-state index in [0.717, 1.165) is 17.7 Å². The van der Waals surface area contributed by atoms with Crippen LogP contribution >= 0.6 is 0 Å². The number of benzene rings is 2. The number of rotatable bonds is 8. The van der Waals surface area contributed by atoms with Crippen molar-refractivity contribution in [2.75, 3.05) is 20.8 Å². The van der Waals surface area contributed by atoms with Gasteiger partial charge in [0.1, 0.15) is 17.2 Å². The van der Waals surface area contributed by atoms with Crippen molar-refractivity contribution in [3.05, 3.63) is 54.1 Å². The molecule has 0 unspecified atom stereocenters. The van der Waals surface area contributed by atoms with E-state index in [1.165, 1.54) is 0 Å². The van der Waals surface area contributed by atoms with Crippen molar-refractivity contribution in [1.82, 2.24) is 5.32 Å². The van der Waals surface area contributed by atoms with Crippen LogP contribution in [0.5, 0.6) is 17.2 Å². The van der Waals surface area contributed by atoms with E-state index in [1.807, 2.05) is 36.4 Å². The minimum atomic E-state index is -0.576. The van der Waals surface area contributed by atoms with Crippen LogP contribution in [-0.4, -0.2) is 32.8 Å². The molecule has 0 spiro atoms. The van der Waals surface area contributed by atoms with Gasteiger partial charge in [0, 0.05) is 12.6 Å². The molecule has 2 aromatic rings. The quantitative estimate of drug-likeness (QED) is 0.809. The number of nitrogens with one attached hydrogen (secondary N) is 1. The molecule has 0 radical (unpaired) electrons. The summed E-state index contributed by atoms with van der Waals surface area (Å²) in [5.41, 5.74) is 1.14. The zero-order valence-electron chi connectivity index (χ0n) is 14.2. The highest BCUT2D eigenvalue weighted by Gasteiger charge is 2.14. The summed E-state index contributed by atoms with van der Waals surface area (Å²) >= 11 is 0. The highest BCUT2D eigenvalue weighted by molar-refractivity contribution is 5.80. The lowest BCUT2D eigenvalue weighted by molar-refractivity contribution is -0.127. The van der Waals surface area contributed by atoms with Gasteiger partial charge in [0.05, 0.1) is 14.2 Å². The molecule has 2 rings (SSSR count). The van der Waals surface area contributed by atoms with Gasteiger partial charge in [-0.2, -0.15) is 0 Å². The van der Waals surface area contributed by atoms with E-state index >= 15 is 0 Å². The summed E-state index contributed by atoms with van der Waals surface area (Å²) < 4.78 is 15.9. The average Bonchev–Trinajstić information content (AvgIpc) is 2.62. The molecule has 0 heterocycles. The van der Waals surface area contributed by atoms with Gasteiger partial charge in [0.25, 0.3) is 5.91 Å². The van der Waals surface area contributed by atoms with E-state index in [4.69, 9.17) is 14.2 Å². The lowest BCUT2D eigenvalue weighted by Crippen LogP contribution is -2.37. The second kappa shape index (κ2) is 8.82. The summed E-state index contributed by atoms with van der Waals surface area (Å²) in [6.07, 6.45) is 0.176. The minimum Gasteiger partial charge on any atom is -0.497 e. The van der Waals surface area contributed by atoms with E-state index in [-0.39, 0.29) is 5.91 Å². The zero-order valence-corrected chi connectivity index (χ0v) is 14.2. The summed E-state index contributed by atoms with van der Waals surface area (Å²) in [5, 5.41) is 2.88. The molecule has 0 saturated heterocycles. The van der Waals surface area contributed by atoms with E-state index in [0.29, 0.717) is 18.0 Å². The summed E-state index contributed by atoms with van der Waals surface area (Å²) in [4.78, 5) is 12.1. The fourth-order valence-corrected chi connectivity index (χ4v) is 2.20. The fourth-order valence-electron chi connectivity index (χ4n) is 2.20. The molecule has 2 aromatic carbocycles. The Hall–Kier alpha value is -2.69. The Kier molecular flexibility index (Phi) is 6.49. The van der Waals surface area contributed by atoms with E-state index < -0.39 is 6.10 Å². The van der Waals surface area contributed by atoms with Crippen LogP contribution in [-0.2, 0) is 11.2 Å². The normalized spacial score (nSPS) is 11.5. The first-order valence-electron chi connectivity index (χ1n) is 7.83. The largest absolute Gasteiger partial charge is 0.497 e. The van der Waals surface area contributed by atoms with Gasteiger partial charge >= 0.3 is 0 Å². The number of amides is 1. The van der Waals surface area contributed by atoms with Crippen LogP contribution in [0.25, 0.3) is 0 Å². The van der Waals surface area contributed by atoms with Crippen molar-refractivity contribution >= 4 is 5.91 Å². The molecule has 5 heteroatoms. The first-order chi connectivity index (χ1) is 11.6. The lowest BCUT2D eigenvalue weighted by Gasteiger charge is -2.15. The third kappa shape index (κ3) is 5.19. The first kappa shape index (κ1) is 17.7. The molecule has 1 atom stereocenters. The molecule has 0 fully saturated rings. The molecule has 1 amide bonds. The van der Waals surface area contributed by atoms with Crippen molar-refractivity contribution in [3.8, 4) is 17.2 Å². The SMILES string of the molecule is COc1ccc(CCNC(=O)[C@@H](C)Oc2cccc(OC)c2)cc1. The van der Waals surface area contributed by atoms with Gasteiger partial charge in [-0.15, -0.1) is 0 Å². The third-order valence-corrected chi connectivity index (χ3v) is 3.60. The summed E-state index contributed by atoms with van der Waals surface area (Å²) in [5.74, 6) is 1.97. The smallest absolute Gasteiger partial charge is 0.260 e. The van der Waals surface area contributed by atoms with E-state index in [1.54, 1.807) is 33.3 Å². The number of hydrogen-bond donors (Lipinski definition) is 1. The Morgan fingerprint density at radius 3 is 2.33 bits per heavy atom. The second-order valence-electron chi connectivity index (χ2n) is 5.33. The summed E-state index contributed by atoms with van der Waals surface area (Å²) in [7, 11) is 3.23. The molecular formula is C19H23NO4. The molecular weight excluding hydrogens is 306 g/mol. The van der Waals surface area contributed by atoms with Gasteiger partial charge in [-0.05, 0) is 43.2 Å². The van der Waals surface area contributed by atoms with E-state index in [9.17, 15) is 4.79 Å². The van der Waals surface area contributed by atoms with Crippen LogP contribution in [0.2, 0.25) is 0 Å². The molecule has 0 aromatic heterocycles. The Morgan fingerprint density at radius 1 is 1.00 bits per heavy atom. The number of hydrogen-bond acceptors (Lipinski definition) is 4. The van der Waals surface area contributed by atoms with Crippen LogP contribution in [0.15, 0.2) is 48.5 Å². The minimum absolute atomic E-state index is 0.147. The molecule has 0 saturated carbocycles. The van der Waals surface area contributed by atoms with Gasteiger partial charge in [0.2, 0.25) is 0 Å². The number of carbonyl (C=O) groups excluding carboxylic acids is 1. The maximum absolute atomic E-state index is 12.1. The summed E-state index contributed by atoms with van der Waals surface area (Å²) in [6.45, 7) is 2.28. The van der Waals surface area contributed by atoms with Gasteiger partial charge in [-0.3, -0.25) is 4.79 Å². The molecule has 5 nitrogen and oxygen atoms in total. The maximum Gasteiger partial charge on any atom is 0.260 e.